The molecule has 0 fully saturated rings. The number of hydrogen-bond acceptors (Lipinski definition) is 3. The van der Waals surface area contributed by atoms with Gasteiger partial charge in [-0.3, -0.25) is 0 Å². The Hall–Kier alpha value is -0.740. The molecule has 0 amide bonds. The van der Waals surface area contributed by atoms with Crippen LogP contribution in [0.5, 0.6) is 11.5 Å². The molecular formula is C14H21BrO3. The van der Waals surface area contributed by atoms with Crippen LogP contribution in [0.25, 0.3) is 0 Å². The SMILES string of the molecule is CCCC(O)CCc1ccc(OC)c(Br)c1OC. The first-order valence-corrected chi connectivity index (χ1v) is 7.00. The molecule has 0 bridgehead atoms. The van der Waals surface area contributed by atoms with E-state index >= 15 is 0 Å². The second-order valence-corrected chi connectivity index (χ2v) is 5.05. The molecule has 1 aromatic carbocycles. The third kappa shape index (κ3) is 3.89. The summed E-state index contributed by atoms with van der Waals surface area (Å²) in [5.41, 5.74) is 1.08. The molecule has 0 aliphatic heterocycles. The number of aliphatic hydroxyl groups is 1. The van der Waals surface area contributed by atoms with Gasteiger partial charge in [0, 0.05) is 0 Å². The van der Waals surface area contributed by atoms with Gasteiger partial charge in [-0.25, -0.2) is 0 Å². The predicted octanol–water partition coefficient (Wildman–Crippen LogP) is 3.56. The Morgan fingerprint density at radius 3 is 2.50 bits per heavy atom. The molecule has 0 aliphatic rings. The van der Waals surface area contributed by atoms with Crippen molar-refractivity contribution in [1.29, 1.82) is 0 Å². The van der Waals surface area contributed by atoms with Crippen LogP contribution in [0.1, 0.15) is 31.7 Å². The maximum atomic E-state index is 9.77. The quantitative estimate of drug-likeness (QED) is 0.836. The summed E-state index contributed by atoms with van der Waals surface area (Å²) in [6, 6.07) is 3.90. The van der Waals surface area contributed by atoms with Crippen molar-refractivity contribution in [1.82, 2.24) is 0 Å². The van der Waals surface area contributed by atoms with Crippen LogP contribution in [0, 0.1) is 0 Å². The monoisotopic (exact) mass is 316 g/mol. The Kier molecular flexibility index (Phi) is 6.50. The smallest absolute Gasteiger partial charge is 0.139 e. The highest BCUT2D eigenvalue weighted by molar-refractivity contribution is 9.10. The summed E-state index contributed by atoms with van der Waals surface area (Å²) in [6.45, 7) is 2.08. The predicted molar refractivity (Wildman–Crippen MR) is 76.5 cm³/mol. The summed E-state index contributed by atoms with van der Waals surface area (Å²) in [4.78, 5) is 0. The first-order valence-electron chi connectivity index (χ1n) is 6.21. The molecule has 0 saturated heterocycles. The third-order valence-electron chi connectivity index (χ3n) is 2.94. The standard InChI is InChI=1S/C14H21BrO3/c1-4-5-11(16)8-6-10-7-9-12(17-2)13(15)14(10)18-3/h7,9,11,16H,4-6,8H2,1-3H3. The van der Waals surface area contributed by atoms with Crippen molar-refractivity contribution < 1.29 is 14.6 Å². The molecule has 0 radical (unpaired) electrons. The van der Waals surface area contributed by atoms with E-state index in [0.717, 1.165) is 47.2 Å². The van der Waals surface area contributed by atoms with Crippen molar-refractivity contribution in [2.75, 3.05) is 14.2 Å². The van der Waals surface area contributed by atoms with Gasteiger partial charge in [0.05, 0.1) is 20.3 Å². The van der Waals surface area contributed by atoms with Crippen LogP contribution in [0.2, 0.25) is 0 Å². The van der Waals surface area contributed by atoms with Crippen molar-refractivity contribution in [2.24, 2.45) is 0 Å². The van der Waals surface area contributed by atoms with E-state index in [1.807, 2.05) is 12.1 Å². The van der Waals surface area contributed by atoms with Crippen molar-refractivity contribution in [3.05, 3.63) is 22.2 Å². The van der Waals surface area contributed by atoms with Gasteiger partial charge in [0.2, 0.25) is 0 Å². The molecule has 3 nitrogen and oxygen atoms in total. The second kappa shape index (κ2) is 7.64. The van der Waals surface area contributed by atoms with Gasteiger partial charge in [-0.2, -0.15) is 0 Å². The molecule has 1 rings (SSSR count). The van der Waals surface area contributed by atoms with E-state index in [9.17, 15) is 5.11 Å². The summed E-state index contributed by atoms with van der Waals surface area (Å²) < 4.78 is 11.5. The number of methoxy groups -OCH3 is 2. The fraction of sp³-hybridized carbons (Fsp3) is 0.571. The fourth-order valence-corrected chi connectivity index (χ4v) is 2.66. The minimum atomic E-state index is -0.236. The highest BCUT2D eigenvalue weighted by atomic mass is 79.9. The normalized spacial score (nSPS) is 12.3. The van der Waals surface area contributed by atoms with Gasteiger partial charge in [-0.15, -0.1) is 0 Å². The fourth-order valence-electron chi connectivity index (χ4n) is 1.95. The lowest BCUT2D eigenvalue weighted by Gasteiger charge is -2.15. The Morgan fingerprint density at radius 1 is 1.22 bits per heavy atom. The molecule has 102 valence electrons. The van der Waals surface area contributed by atoms with E-state index in [1.54, 1.807) is 14.2 Å². The maximum Gasteiger partial charge on any atom is 0.139 e. The zero-order valence-electron chi connectivity index (χ0n) is 11.2. The van der Waals surface area contributed by atoms with Gasteiger partial charge >= 0.3 is 0 Å². The average Bonchev–Trinajstić information content (AvgIpc) is 2.36. The molecule has 0 aromatic heterocycles. The van der Waals surface area contributed by atoms with Crippen LogP contribution in [-0.2, 0) is 6.42 Å². The largest absolute Gasteiger partial charge is 0.495 e. The topological polar surface area (TPSA) is 38.7 Å². The molecule has 0 heterocycles. The van der Waals surface area contributed by atoms with Gasteiger partial charge in [-0.05, 0) is 46.8 Å². The zero-order chi connectivity index (χ0) is 13.5. The molecule has 18 heavy (non-hydrogen) atoms. The lowest BCUT2D eigenvalue weighted by atomic mass is 10.0. The van der Waals surface area contributed by atoms with Crippen LogP contribution in [0.3, 0.4) is 0 Å². The number of halogens is 1. The lowest BCUT2D eigenvalue weighted by Crippen LogP contribution is -2.08. The van der Waals surface area contributed by atoms with Crippen molar-refractivity contribution in [3.8, 4) is 11.5 Å². The summed E-state index contributed by atoms with van der Waals surface area (Å²) in [5.74, 6) is 1.54. The molecule has 0 saturated carbocycles. The van der Waals surface area contributed by atoms with E-state index < -0.39 is 0 Å². The Balaban J connectivity index is 2.79. The number of hydrogen-bond donors (Lipinski definition) is 1. The van der Waals surface area contributed by atoms with E-state index in [2.05, 4.69) is 22.9 Å². The average molecular weight is 317 g/mol. The number of rotatable bonds is 7. The summed E-state index contributed by atoms with van der Waals surface area (Å²) in [6.07, 6.45) is 3.17. The Labute approximate surface area is 117 Å². The van der Waals surface area contributed by atoms with Gasteiger partial charge in [0.25, 0.3) is 0 Å². The van der Waals surface area contributed by atoms with Crippen LogP contribution < -0.4 is 9.47 Å². The summed E-state index contributed by atoms with van der Waals surface area (Å²) in [5, 5.41) is 9.77. The summed E-state index contributed by atoms with van der Waals surface area (Å²) in [7, 11) is 3.27. The van der Waals surface area contributed by atoms with E-state index in [0.29, 0.717) is 0 Å². The van der Waals surface area contributed by atoms with Crippen molar-refractivity contribution in [3.63, 3.8) is 0 Å². The van der Waals surface area contributed by atoms with Gasteiger partial charge in [0.1, 0.15) is 16.0 Å². The highest BCUT2D eigenvalue weighted by Gasteiger charge is 2.13. The van der Waals surface area contributed by atoms with Crippen molar-refractivity contribution in [2.45, 2.75) is 38.7 Å². The molecule has 0 aliphatic carbocycles. The first kappa shape index (κ1) is 15.3. The summed E-state index contributed by atoms with van der Waals surface area (Å²) >= 11 is 3.48. The minimum absolute atomic E-state index is 0.236. The van der Waals surface area contributed by atoms with Crippen LogP contribution >= 0.6 is 15.9 Å². The van der Waals surface area contributed by atoms with Gasteiger partial charge < -0.3 is 14.6 Å². The maximum absolute atomic E-state index is 9.77. The molecule has 1 N–H and O–H groups in total. The molecule has 0 spiro atoms. The van der Waals surface area contributed by atoms with Gasteiger partial charge in [-0.1, -0.05) is 19.4 Å². The van der Waals surface area contributed by atoms with Crippen LogP contribution in [0.15, 0.2) is 16.6 Å². The third-order valence-corrected chi connectivity index (χ3v) is 3.69. The second-order valence-electron chi connectivity index (χ2n) is 4.26. The molecular weight excluding hydrogens is 296 g/mol. The molecule has 4 heteroatoms. The Morgan fingerprint density at radius 2 is 1.94 bits per heavy atom. The zero-order valence-corrected chi connectivity index (χ0v) is 12.8. The van der Waals surface area contributed by atoms with E-state index in [1.165, 1.54) is 0 Å². The number of ether oxygens (including phenoxy) is 2. The van der Waals surface area contributed by atoms with Crippen LogP contribution in [-0.4, -0.2) is 25.4 Å². The first-order chi connectivity index (χ1) is 8.63. The molecule has 1 atom stereocenters. The van der Waals surface area contributed by atoms with Crippen LogP contribution in [0.4, 0.5) is 0 Å². The lowest BCUT2D eigenvalue weighted by molar-refractivity contribution is 0.153. The van der Waals surface area contributed by atoms with E-state index in [4.69, 9.17) is 9.47 Å². The number of benzene rings is 1. The minimum Gasteiger partial charge on any atom is -0.495 e. The number of aliphatic hydroxyl groups excluding tert-OH is 1. The highest BCUT2D eigenvalue weighted by Crippen LogP contribution is 2.37. The molecule has 1 unspecified atom stereocenters. The number of aryl methyl sites for hydroxylation is 1. The van der Waals surface area contributed by atoms with Crippen molar-refractivity contribution >= 4 is 15.9 Å². The molecule has 1 aromatic rings. The van der Waals surface area contributed by atoms with E-state index in [-0.39, 0.29) is 6.10 Å². The Bertz CT molecular complexity index is 380. The van der Waals surface area contributed by atoms with Gasteiger partial charge in [0.15, 0.2) is 0 Å².